The number of aromatic nitrogens is 3. The van der Waals surface area contributed by atoms with Crippen LogP contribution >= 0.6 is 11.8 Å². The largest absolute Gasteiger partial charge is 0.390 e. The summed E-state index contributed by atoms with van der Waals surface area (Å²) in [6.45, 7) is 9.71. The molecule has 222 valence electrons. The molecule has 2 aromatic heterocycles. The van der Waals surface area contributed by atoms with Crippen molar-refractivity contribution >= 4 is 23.5 Å². The molecule has 3 atom stereocenters. The molecule has 0 aromatic carbocycles. The van der Waals surface area contributed by atoms with E-state index in [0.717, 1.165) is 74.0 Å². The van der Waals surface area contributed by atoms with Crippen LogP contribution in [0.4, 0.5) is 16.2 Å². The summed E-state index contributed by atoms with van der Waals surface area (Å²) in [7, 11) is 0. The van der Waals surface area contributed by atoms with Crippen LogP contribution in [0.5, 0.6) is 0 Å². The molecule has 0 spiro atoms. The molecule has 0 radical (unpaired) electrons. The average molecular weight is 573 g/mol. The van der Waals surface area contributed by atoms with Crippen molar-refractivity contribution in [1.82, 2.24) is 20.3 Å². The first-order valence-electron chi connectivity index (χ1n) is 15.3. The first-order valence-corrected chi connectivity index (χ1v) is 16.3. The number of thioether (sulfide) groups is 1. The molecular weight excluding hydrogens is 523 g/mol. The van der Waals surface area contributed by atoms with Gasteiger partial charge in [0.2, 0.25) is 5.95 Å². The van der Waals surface area contributed by atoms with Gasteiger partial charge in [0.15, 0.2) is 11.6 Å². The zero-order valence-corrected chi connectivity index (χ0v) is 25.4. The molecule has 0 amide bonds. The minimum absolute atomic E-state index is 0.271. The van der Waals surface area contributed by atoms with Crippen molar-refractivity contribution in [3.63, 3.8) is 0 Å². The third kappa shape index (κ3) is 9.55. The van der Waals surface area contributed by atoms with E-state index in [4.69, 9.17) is 0 Å². The molecule has 0 bridgehead atoms. The van der Waals surface area contributed by atoms with Crippen molar-refractivity contribution in [2.24, 2.45) is 23.7 Å². The minimum atomic E-state index is -0.468. The molecule has 40 heavy (non-hydrogen) atoms. The molecular formula is C31H49FN6OS. The fourth-order valence-corrected chi connectivity index (χ4v) is 7.23. The summed E-state index contributed by atoms with van der Waals surface area (Å²) in [4.78, 5) is 13.1. The van der Waals surface area contributed by atoms with Gasteiger partial charge in [-0.1, -0.05) is 32.8 Å². The second-order valence-corrected chi connectivity index (χ2v) is 13.5. The maximum Gasteiger partial charge on any atom is 0.225 e. The van der Waals surface area contributed by atoms with Gasteiger partial charge in [0.25, 0.3) is 0 Å². The Bertz CT molecular complexity index is 1050. The standard InChI is InChI=1S/C31H49FN6OS/c1-4-7-23-14-24(18-33-17-22-9-11-31(3,39)12-10-22)16-25(15-23)19-35-28-27(32)21-37-30(38-28)36-20-26-8-6-13-34-29(26)40-5-2/h6,8,13,21-25,33,39H,4-5,7,9-12,14-20H2,1-3H3,(H2,35,36,37,38)/t22-,23?,24-,25-,31-/m1/s1. The number of hydrogen-bond donors (Lipinski definition) is 4. The van der Waals surface area contributed by atoms with Gasteiger partial charge in [-0.25, -0.2) is 14.4 Å². The van der Waals surface area contributed by atoms with Crippen LogP contribution in [0.3, 0.4) is 0 Å². The molecule has 0 aliphatic heterocycles. The van der Waals surface area contributed by atoms with Gasteiger partial charge >= 0.3 is 0 Å². The van der Waals surface area contributed by atoms with Crippen molar-refractivity contribution in [1.29, 1.82) is 0 Å². The molecule has 2 aliphatic carbocycles. The molecule has 4 N–H and O–H groups in total. The highest BCUT2D eigenvalue weighted by molar-refractivity contribution is 7.99. The zero-order valence-electron chi connectivity index (χ0n) is 24.6. The van der Waals surface area contributed by atoms with Gasteiger partial charge in [-0.15, -0.1) is 11.8 Å². The van der Waals surface area contributed by atoms with Crippen molar-refractivity contribution in [2.45, 2.75) is 95.7 Å². The molecule has 0 saturated heterocycles. The number of nitrogens with zero attached hydrogens (tertiary/aromatic N) is 3. The van der Waals surface area contributed by atoms with Crippen LogP contribution in [-0.4, -0.2) is 51.0 Å². The molecule has 2 saturated carbocycles. The quantitative estimate of drug-likeness (QED) is 0.190. The van der Waals surface area contributed by atoms with E-state index in [0.29, 0.717) is 30.2 Å². The van der Waals surface area contributed by atoms with E-state index in [1.165, 1.54) is 31.9 Å². The predicted octanol–water partition coefficient (Wildman–Crippen LogP) is 6.51. The Kier molecular flexibility index (Phi) is 11.9. The second-order valence-electron chi connectivity index (χ2n) is 12.2. The number of hydrogen-bond acceptors (Lipinski definition) is 8. The minimum Gasteiger partial charge on any atom is -0.390 e. The van der Waals surface area contributed by atoms with Gasteiger partial charge in [-0.05, 0) is 100 Å². The lowest BCUT2D eigenvalue weighted by Gasteiger charge is -2.36. The van der Waals surface area contributed by atoms with Crippen LogP contribution in [0.1, 0.15) is 84.1 Å². The summed E-state index contributed by atoms with van der Waals surface area (Å²) in [6.07, 6.45) is 13.2. The molecule has 2 fully saturated rings. The van der Waals surface area contributed by atoms with E-state index in [1.54, 1.807) is 18.0 Å². The first-order chi connectivity index (χ1) is 19.3. The van der Waals surface area contributed by atoms with Crippen molar-refractivity contribution in [2.75, 3.05) is 36.0 Å². The number of nitrogens with one attached hydrogen (secondary N) is 3. The Balaban J connectivity index is 1.28. The van der Waals surface area contributed by atoms with Gasteiger partial charge < -0.3 is 21.1 Å². The number of aliphatic hydroxyl groups is 1. The molecule has 2 heterocycles. The average Bonchev–Trinajstić information content (AvgIpc) is 2.94. The third-order valence-corrected chi connectivity index (χ3v) is 9.55. The van der Waals surface area contributed by atoms with Crippen LogP contribution in [0.2, 0.25) is 0 Å². The highest BCUT2D eigenvalue weighted by Crippen LogP contribution is 2.36. The first kappa shape index (κ1) is 31.0. The lowest BCUT2D eigenvalue weighted by Crippen LogP contribution is -2.37. The van der Waals surface area contributed by atoms with Crippen LogP contribution in [0.15, 0.2) is 29.6 Å². The number of rotatable bonds is 14. The summed E-state index contributed by atoms with van der Waals surface area (Å²) in [6, 6.07) is 3.97. The van der Waals surface area contributed by atoms with Gasteiger partial charge in [-0.3, -0.25) is 0 Å². The number of pyridine rings is 1. The summed E-state index contributed by atoms with van der Waals surface area (Å²) in [5.74, 6) is 3.76. The van der Waals surface area contributed by atoms with Crippen molar-refractivity contribution in [3.05, 3.63) is 35.9 Å². The Hall–Kier alpha value is -1.97. The summed E-state index contributed by atoms with van der Waals surface area (Å²) >= 11 is 1.70. The maximum absolute atomic E-state index is 14.7. The smallest absolute Gasteiger partial charge is 0.225 e. The van der Waals surface area contributed by atoms with Crippen LogP contribution < -0.4 is 16.0 Å². The summed E-state index contributed by atoms with van der Waals surface area (Å²) in [5, 5.41) is 21.6. The van der Waals surface area contributed by atoms with Gasteiger partial charge in [-0.2, -0.15) is 4.98 Å². The maximum atomic E-state index is 14.7. The fourth-order valence-electron chi connectivity index (χ4n) is 6.49. The van der Waals surface area contributed by atoms with E-state index in [1.807, 2.05) is 19.1 Å². The van der Waals surface area contributed by atoms with Gasteiger partial charge in [0.05, 0.1) is 11.8 Å². The summed E-state index contributed by atoms with van der Waals surface area (Å²) < 4.78 is 14.7. The zero-order chi connectivity index (χ0) is 28.4. The topological polar surface area (TPSA) is 95.0 Å². The van der Waals surface area contributed by atoms with E-state index >= 15 is 0 Å². The Morgan fingerprint density at radius 1 is 1.00 bits per heavy atom. The Morgan fingerprint density at radius 3 is 2.48 bits per heavy atom. The van der Waals surface area contributed by atoms with E-state index < -0.39 is 11.4 Å². The van der Waals surface area contributed by atoms with E-state index in [9.17, 15) is 9.50 Å². The lowest BCUT2D eigenvalue weighted by molar-refractivity contribution is 0.00799. The summed E-state index contributed by atoms with van der Waals surface area (Å²) in [5.41, 5.74) is 0.611. The van der Waals surface area contributed by atoms with Crippen LogP contribution in [0, 0.1) is 29.5 Å². The third-order valence-electron chi connectivity index (χ3n) is 8.62. The van der Waals surface area contributed by atoms with Gasteiger partial charge in [0.1, 0.15) is 5.03 Å². The SMILES string of the molecule is CCCC1C[C@@H](CNC[C@H]2CC[C@](C)(O)CC2)C[C@H](CNc2nc(NCc3cccnc3SCC)ncc2F)C1. The highest BCUT2D eigenvalue weighted by atomic mass is 32.2. The second kappa shape index (κ2) is 15.3. The Labute approximate surface area is 244 Å². The molecule has 2 aliphatic rings. The number of halogens is 1. The highest BCUT2D eigenvalue weighted by Gasteiger charge is 2.30. The number of anilines is 2. The lowest BCUT2D eigenvalue weighted by atomic mass is 9.73. The Morgan fingerprint density at radius 2 is 1.73 bits per heavy atom. The normalized spacial score (nSPS) is 26.9. The molecule has 1 unspecified atom stereocenters. The molecule has 9 heteroatoms. The van der Waals surface area contributed by atoms with Gasteiger partial charge in [0, 0.05) is 24.8 Å². The molecule has 7 nitrogen and oxygen atoms in total. The van der Waals surface area contributed by atoms with Crippen molar-refractivity contribution in [3.8, 4) is 0 Å². The fraction of sp³-hybridized carbons (Fsp3) is 0.710. The van der Waals surface area contributed by atoms with E-state index in [-0.39, 0.29) is 5.82 Å². The van der Waals surface area contributed by atoms with Crippen molar-refractivity contribution < 1.29 is 9.50 Å². The molecule has 4 rings (SSSR count). The monoisotopic (exact) mass is 572 g/mol. The van der Waals surface area contributed by atoms with E-state index in [2.05, 4.69) is 44.7 Å². The van der Waals surface area contributed by atoms with Crippen LogP contribution in [-0.2, 0) is 6.54 Å². The van der Waals surface area contributed by atoms with Crippen LogP contribution in [0.25, 0.3) is 0 Å². The molecule has 2 aromatic rings. The predicted molar refractivity (Wildman–Crippen MR) is 163 cm³/mol.